The van der Waals surface area contributed by atoms with E-state index in [1.54, 1.807) is 12.1 Å². The van der Waals surface area contributed by atoms with Gasteiger partial charge >= 0.3 is 12.1 Å². The molecule has 1 aliphatic heterocycles. The lowest BCUT2D eigenvalue weighted by atomic mass is 10.1. The lowest BCUT2D eigenvalue weighted by Gasteiger charge is -2.31. The van der Waals surface area contributed by atoms with Crippen molar-refractivity contribution in [3.63, 3.8) is 0 Å². The molecule has 1 amide bonds. The molecule has 1 aliphatic rings. The summed E-state index contributed by atoms with van der Waals surface area (Å²) in [6, 6.07) is 9.33. The maximum absolute atomic E-state index is 13.2. The monoisotopic (exact) mass is 406 g/mol. The molecule has 1 N–H and O–H groups in total. The maximum atomic E-state index is 13.2. The molecule has 3 rings (SSSR count). The molecule has 0 saturated carbocycles. The van der Waals surface area contributed by atoms with E-state index < -0.39 is 23.6 Å². The standard InChI is InChI=1S/C21H21F3N2O3/c1-29-20(28)16-8-4-3-7-15(16)19(27)25-17-13-14(21(22,23)24)9-10-18(17)26-11-5-2-6-12-26/h3-4,7-10,13H,2,5-6,11-12H2,1H3,(H,25,27). The van der Waals surface area contributed by atoms with Gasteiger partial charge in [0.25, 0.3) is 5.91 Å². The molecule has 0 atom stereocenters. The zero-order valence-corrected chi connectivity index (χ0v) is 15.9. The van der Waals surface area contributed by atoms with E-state index in [0.717, 1.165) is 31.4 Å². The van der Waals surface area contributed by atoms with Gasteiger partial charge in [-0.3, -0.25) is 4.79 Å². The van der Waals surface area contributed by atoms with Crippen molar-refractivity contribution in [3.05, 3.63) is 59.2 Å². The van der Waals surface area contributed by atoms with Crippen molar-refractivity contribution in [1.29, 1.82) is 0 Å². The fourth-order valence-corrected chi connectivity index (χ4v) is 3.38. The summed E-state index contributed by atoms with van der Waals surface area (Å²) in [7, 11) is 1.19. The second kappa shape index (κ2) is 8.55. The fourth-order valence-electron chi connectivity index (χ4n) is 3.38. The number of alkyl halides is 3. The quantitative estimate of drug-likeness (QED) is 0.746. The summed E-state index contributed by atoms with van der Waals surface area (Å²) >= 11 is 0. The van der Waals surface area contributed by atoms with Gasteiger partial charge in [0.15, 0.2) is 0 Å². The number of amides is 1. The summed E-state index contributed by atoms with van der Waals surface area (Å²) in [5, 5.41) is 2.57. The summed E-state index contributed by atoms with van der Waals surface area (Å²) in [5.41, 5.74) is -0.192. The Kier molecular flexibility index (Phi) is 6.10. The van der Waals surface area contributed by atoms with Gasteiger partial charge in [0, 0.05) is 13.1 Å². The predicted molar refractivity (Wildman–Crippen MR) is 103 cm³/mol. The van der Waals surface area contributed by atoms with E-state index in [-0.39, 0.29) is 16.8 Å². The summed E-state index contributed by atoms with van der Waals surface area (Å²) < 4.78 is 44.4. The van der Waals surface area contributed by atoms with Crippen LogP contribution in [0.4, 0.5) is 24.5 Å². The van der Waals surface area contributed by atoms with Crippen molar-refractivity contribution >= 4 is 23.3 Å². The minimum Gasteiger partial charge on any atom is -0.465 e. The molecule has 1 fully saturated rings. The van der Waals surface area contributed by atoms with Gasteiger partial charge in [-0.25, -0.2) is 4.79 Å². The third-order valence-electron chi connectivity index (χ3n) is 4.85. The lowest BCUT2D eigenvalue weighted by Crippen LogP contribution is -2.30. The number of hydrogen-bond donors (Lipinski definition) is 1. The molecule has 0 aliphatic carbocycles. The highest BCUT2D eigenvalue weighted by molar-refractivity contribution is 6.12. The van der Waals surface area contributed by atoms with E-state index in [1.165, 1.54) is 25.3 Å². The van der Waals surface area contributed by atoms with E-state index in [0.29, 0.717) is 18.8 Å². The Morgan fingerprint density at radius 2 is 1.66 bits per heavy atom. The number of esters is 1. The van der Waals surface area contributed by atoms with Crippen LogP contribution < -0.4 is 10.2 Å². The third kappa shape index (κ3) is 4.70. The molecule has 2 aromatic rings. The molecule has 0 bridgehead atoms. The number of hydrogen-bond acceptors (Lipinski definition) is 4. The van der Waals surface area contributed by atoms with Gasteiger partial charge in [-0.05, 0) is 49.6 Å². The number of ether oxygens (including phenoxy) is 1. The van der Waals surface area contributed by atoms with E-state index in [2.05, 4.69) is 10.1 Å². The molecule has 0 radical (unpaired) electrons. The number of methoxy groups -OCH3 is 1. The Hall–Kier alpha value is -3.03. The molecule has 0 spiro atoms. The molecule has 0 aromatic heterocycles. The van der Waals surface area contributed by atoms with Crippen molar-refractivity contribution in [3.8, 4) is 0 Å². The van der Waals surface area contributed by atoms with Gasteiger partial charge in [0.2, 0.25) is 0 Å². The zero-order valence-electron chi connectivity index (χ0n) is 15.9. The summed E-state index contributed by atoms with van der Waals surface area (Å²) in [5.74, 6) is -1.38. The summed E-state index contributed by atoms with van der Waals surface area (Å²) in [6.45, 7) is 1.40. The van der Waals surface area contributed by atoms with Crippen LogP contribution in [0.1, 0.15) is 45.5 Å². The highest BCUT2D eigenvalue weighted by atomic mass is 19.4. The number of carbonyl (C=O) groups is 2. The van der Waals surface area contributed by atoms with Gasteiger partial charge < -0.3 is 15.0 Å². The molecule has 8 heteroatoms. The third-order valence-corrected chi connectivity index (χ3v) is 4.85. The van der Waals surface area contributed by atoms with Crippen LogP contribution in [-0.2, 0) is 10.9 Å². The summed E-state index contributed by atoms with van der Waals surface area (Å²) in [4.78, 5) is 26.7. The molecular formula is C21H21F3N2O3. The SMILES string of the molecule is COC(=O)c1ccccc1C(=O)Nc1cc(C(F)(F)F)ccc1N1CCCCC1. The normalized spacial score (nSPS) is 14.4. The topological polar surface area (TPSA) is 58.6 Å². The van der Waals surface area contributed by atoms with Gasteiger partial charge in [0.1, 0.15) is 0 Å². The number of piperidine rings is 1. The molecule has 2 aromatic carbocycles. The van der Waals surface area contributed by atoms with Gasteiger partial charge in [-0.1, -0.05) is 12.1 Å². The van der Waals surface area contributed by atoms with Crippen LogP contribution in [0.15, 0.2) is 42.5 Å². The lowest BCUT2D eigenvalue weighted by molar-refractivity contribution is -0.137. The molecule has 154 valence electrons. The molecule has 1 heterocycles. The molecule has 5 nitrogen and oxygen atoms in total. The minimum absolute atomic E-state index is 0.0290. The van der Waals surface area contributed by atoms with Gasteiger partial charge in [-0.2, -0.15) is 13.2 Å². The first-order chi connectivity index (χ1) is 13.8. The van der Waals surface area contributed by atoms with E-state index >= 15 is 0 Å². The Morgan fingerprint density at radius 3 is 2.28 bits per heavy atom. The molecule has 29 heavy (non-hydrogen) atoms. The van der Waals surface area contributed by atoms with Crippen LogP contribution in [0.25, 0.3) is 0 Å². The first kappa shape index (κ1) is 20.7. The smallest absolute Gasteiger partial charge is 0.416 e. The first-order valence-electron chi connectivity index (χ1n) is 9.26. The van der Waals surface area contributed by atoms with Crippen molar-refractivity contribution in [2.24, 2.45) is 0 Å². The highest BCUT2D eigenvalue weighted by Crippen LogP contribution is 2.36. The average Bonchev–Trinajstić information content (AvgIpc) is 2.73. The van der Waals surface area contributed by atoms with Crippen LogP contribution in [0.5, 0.6) is 0 Å². The number of rotatable bonds is 4. The predicted octanol–water partition coefficient (Wildman–Crippen LogP) is 4.73. The van der Waals surface area contributed by atoms with Gasteiger partial charge in [0.05, 0.1) is 35.2 Å². The highest BCUT2D eigenvalue weighted by Gasteiger charge is 2.32. The first-order valence-corrected chi connectivity index (χ1v) is 9.26. The van der Waals surface area contributed by atoms with Crippen LogP contribution in [0.2, 0.25) is 0 Å². The van der Waals surface area contributed by atoms with Crippen LogP contribution in [-0.4, -0.2) is 32.1 Å². The number of anilines is 2. The summed E-state index contributed by atoms with van der Waals surface area (Å²) in [6.07, 6.45) is -1.62. The molecule has 1 saturated heterocycles. The van der Waals surface area contributed by atoms with E-state index in [1.807, 2.05) is 4.90 Å². The number of benzene rings is 2. The van der Waals surface area contributed by atoms with E-state index in [9.17, 15) is 22.8 Å². The maximum Gasteiger partial charge on any atom is 0.416 e. The Morgan fingerprint density at radius 1 is 1.00 bits per heavy atom. The van der Waals surface area contributed by atoms with Crippen molar-refractivity contribution in [1.82, 2.24) is 0 Å². The minimum atomic E-state index is -4.54. The largest absolute Gasteiger partial charge is 0.465 e. The Bertz CT molecular complexity index is 906. The number of nitrogens with one attached hydrogen (secondary N) is 1. The van der Waals surface area contributed by atoms with Crippen LogP contribution >= 0.6 is 0 Å². The van der Waals surface area contributed by atoms with E-state index in [4.69, 9.17) is 0 Å². The fraction of sp³-hybridized carbons (Fsp3) is 0.333. The Balaban J connectivity index is 1.98. The van der Waals surface area contributed by atoms with Gasteiger partial charge in [-0.15, -0.1) is 0 Å². The number of halogens is 3. The Labute approximate surface area is 166 Å². The molecule has 0 unspecified atom stereocenters. The second-order valence-corrected chi connectivity index (χ2v) is 6.77. The average molecular weight is 406 g/mol. The van der Waals surface area contributed by atoms with Crippen LogP contribution in [0.3, 0.4) is 0 Å². The number of carbonyl (C=O) groups excluding carboxylic acids is 2. The molecular weight excluding hydrogens is 385 g/mol. The van der Waals surface area contributed by atoms with Crippen molar-refractivity contribution < 1.29 is 27.5 Å². The zero-order chi connectivity index (χ0) is 21.0. The van der Waals surface area contributed by atoms with Crippen molar-refractivity contribution in [2.75, 3.05) is 30.4 Å². The van der Waals surface area contributed by atoms with Crippen molar-refractivity contribution in [2.45, 2.75) is 25.4 Å². The van der Waals surface area contributed by atoms with Crippen LogP contribution in [0, 0.1) is 0 Å². The second-order valence-electron chi connectivity index (χ2n) is 6.77. The number of nitrogens with zero attached hydrogens (tertiary/aromatic N) is 1.